The van der Waals surface area contributed by atoms with Gasteiger partial charge in [0, 0.05) is 37.3 Å². The van der Waals surface area contributed by atoms with E-state index in [9.17, 15) is 0 Å². The SMILES string of the molecule is Cc1cccc(N2CCC3(CNC3)C2)c1C. The lowest BCUT2D eigenvalue weighted by molar-refractivity contribution is 0.200. The van der Waals surface area contributed by atoms with E-state index in [1.54, 1.807) is 0 Å². The Morgan fingerprint density at radius 1 is 1.25 bits per heavy atom. The normalized spacial score (nSPS) is 22.5. The van der Waals surface area contributed by atoms with Gasteiger partial charge in [-0.3, -0.25) is 0 Å². The van der Waals surface area contributed by atoms with Crippen molar-refractivity contribution in [2.75, 3.05) is 31.1 Å². The first-order valence-electron chi connectivity index (χ1n) is 6.22. The summed E-state index contributed by atoms with van der Waals surface area (Å²) in [6, 6.07) is 6.66. The molecule has 2 heterocycles. The molecule has 0 aliphatic carbocycles. The Hall–Kier alpha value is -1.02. The molecule has 0 amide bonds. The van der Waals surface area contributed by atoms with Gasteiger partial charge in [0.25, 0.3) is 0 Å². The van der Waals surface area contributed by atoms with Crippen molar-refractivity contribution in [3.05, 3.63) is 29.3 Å². The van der Waals surface area contributed by atoms with Crippen LogP contribution in [0, 0.1) is 19.3 Å². The Bertz CT molecular complexity index is 407. The van der Waals surface area contributed by atoms with Gasteiger partial charge in [0.05, 0.1) is 0 Å². The maximum absolute atomic E-state index is 3.42. The van der Waals surface area contributed by atoms with Crippen molar-refractivity contribution < 1.29 is 0 Å². The van der Waals surface area contributed by atoms with Crippen LogP contribution in [0.5, 0.6) is 0 Å². The van der Waals surface area contributed by atoms with Gasteiger partial charge in [0.2, 0.25) is 0 Å². The molecular weight excluding hydrogens is 196 g/mol. The van der Waals surface area contributed by atoms with E-state index in [1.807, 2.05) is 0 Å². The van der Waals surface area contributed by atoms with Gasteiger partial charge in [-0.15, -0.1) is 0 Å². The van der Waals surface area contributed by atoms with E-state index in [-0.39, 0.29) is 0 Å². The first-order valence-corrected chi connectivity index (χ1v) is 6.22. The third-order valence-electron chi connectivity index (χ3n) is 4.36. The standard InChI is InChI=1S/C14H20N2/c1-11-4-3-5-13(12(11)2)16-7-6-14(10-16)8-15-9-14/h3-5,15H,6-10H2,1-2H3. The topological polar surface area (TPSA) is 15.3 Å². The Kier molecular flexibility index (Phi) is 2.21. The third-order valence-corrected chi connectivity index (χ3v) is 4.36. The molecule has 0 unspecified atom stereocenters. The molecule has 3 rings (SSSR count). The highest BCUT2D eigenvalue weighted by molar-refractivity contribution is 5.57. The second-order valence-corrected chi connectivity index (χ2v) is 5.49. The summed E-state index contributed by atoms with van der Waals surface area (Å²) in [5.41, 5.74) is 4.90. The Morgan fingerprint density at radius 3 is 2.69 bits per heavy atom. The molecule has 1 spiro atoms. The third kappa shape index (κ3) is 1.44. The molecule has 0 aromatic heterocycles. The first-order chi connectivity index (χ1) is 7.70. The van der Waals surface area contributed by atoms with E-state index in [0.717, 1.165) is 0 Å². The van der Waals surface area contributed by atoms with Crippen LogP contribution >= 0.6 is 0 Å². The average molecular weight is 216 g/mol. The number of benzene rings is 1. The summed E-state index contributed by atoms with van der Waals surface area (Å²) in [6.07, 6.45) is 1.35. The van der Waals surface area contributed by atoms with E-state index >= 15 is 0 Å². The first kappa shape index (κ1) is 10.2. The van der Waals surface area contributed by atoms with Crippen LogP contribution in [0.2, 0.25) is 0 Å². The van der Waals surface area contributed by atoms with Crippen molar-refractivity contribution in [3.8, 4) is 0 Å². The molecule has 2 nitrogen and oxygen atoms in total. The van der Waals surface area contributed by atoms with Crippen LogP contribution < -0.4 is 10.2 Å². The van der Waals surface area contributed by atoms with E-state index in [0.29, 0.717) is 5.41 Å². The second-order valence-electron chi connectivity index (χ2n) is 5.49. The molecule has 0 bridgehead atoms. The van der Waals surface area contributed by atoms with Crippen LogP contribution in [-0.4, -0.2) is 26.2 Å². The Labute approximate surface area is 97.6 Å². The number of aryl methyl sites for hydroxylation is 1. The maximum atomic E-state index is 3.42. The number of nitrogens with one attached hydrogen (secondary N) is 1. The zero-order valence-corrected chi connectivity index (χ0v) is 10.2. The van der Waals surface area contributed by atoms with Gasteiger partial charge in [-0.25, -0.2) is 0 Å². The number of hydrogen-bond donors (Lipinski definition) is 1. The smallest absolute Gasteiger partial charge is 0.0398 e. The van der Waals surface area contributed by atoms with Crippen molar-refractivity contribution in [1.82, 2.24) is 5.32 Å². The average Bonchev–Trinajstić information content (AvgIpc) is 2.66. The van der Waals surface area contributed by atoms with E-state index in [1.165, 1.54) is 49.4 Å². The van der Waals surface area contributed by atoms with Crippen molar-refractivity contribution in [2.24, 2.45) is 5.41 Å². The van der Waals surface area contributed by atoms with Gasteiger partial charge in [-0.1, -0.05) is 12.1 Å². The summed E-state index contributed by atoms with van der Waals surface area (Å²) in [5, 5.41) is 3.42. The lowest BCUT2D eigenvalue weighted by Gasteiger charge is -2.39. The van der Waals surface area contributed by atoms with Crippen LogP contribution in [-0.2, 0) is 0 Å². The number of nitrogens with zero attached hydrogens (tertiary/aromatic N) is 1. The van der Waals surface area contributed by atoms with Crippen molar-refractivity contribution >= 4 is 5.69 Å². The minimum absolute atomic E-state index is 0.593. The molecule has 1 aromatic carbocycles. The molecule has 2 saturated heterocycles. The number of rotatable bonds is 1. The summed E-state index contributed by atoms with van der Waals surface area (Å²) >= 11 is 0. The fourth-order valence-electron chi connectivity index (χ4n) is 2.99. The second kappa shape index (κ2) is 3.49. The van der Waals surface area contributed by atoms with Crippen molar-refractivity contribution in [1.29, 1.82) is 0 Å². The number of anilines is 1. The molecule has 2 aliphatic heterocycles. The molecule has 86 valence electrons. The van der Waals surface area contributed by atoms with Crippen LogP contribution in [0.25, 0.3) is 0 Å². The van der Waals surface area contributed by atoms with Gasteiger partial charge < -0.3 is 10.2 Å². The van der Waals surface area contributed by atoms with Crippen LogP contribution in [0.3, 0.4) is 0 Å². The highest BCUT2D eigenvalue weighted by Crippen LogP contribution is 2.37. The van der Waals surface area contributed by atoms with Gasteiger partial charge in [-0.05, 0) is 37.5 Å². The molecule has 0 atom stereocenters. The highest BCUT2D eigenvalue weighted by Gasteiger charge is 2.43. The monoisotopic (exact) mass is 216 g/mol. The fourth-order valence-corrected chi connectivity index (χ4v) is 2.99. The van der Waals surface area contributed by atoms with Crippen LogP contribution in [0.15, 0.2) is 18.2 Å². The van der Waals surface area contributed by atoms with Crippen molar-refractivity contribution in [2.45, 2.75) is 20.3 Å². The zero-order valence-electron chi connectivity index (χ0n) is 10.2. The zero-order chi connectivity index (χ0) is 11.2. The summed E-state index contributed by atoms with van der Waals surface area (Å²) in [4.78, 5) is 2.57. The quantitative estimate of drug-likeness (QED) is 0.773. The van der Waals surface area contributed by atoms with Crippen LogP contribution in [0.1, 0.15) is 17.5 Å². The molecule has 0 radical (unpaired) electrons. The molecule has 2 fully saturated rings. The minimum Gasteiger partial charge on any atom is -0.371 e. The minimum atomic E-state index is 0.593. The van der Waals surface area contributed by atoms with Gasteiger partial charge in [-0.2, -0.15) is 0 Å². The molecule has 2 heteroatoms. The summed E-state index contributed by atoms with van der Waals surface area (Å²) in [5.74, 6) is 0. The predicted molar refractivity (Wildman–Crippen MR) is 68.0 cm³/mol. The van der Waals surface area contributed by atoms with Crippen molar-refractivity contribution in [3.63, 3.8) is 0 Å². The maximum Gasteiger partial charge on any atom is 0.0398 e. The Balaban J connectivity index is 1.85. The highest BCUT2D eigenvalue weighted by atomic mass is 15.2. The molecule has 16 heavy (non-hydrogen) atoms. The van der Waals surface area contributed by atoms with Gasteiger partial charge in [0.15, 0.2) is 0 Å². The van der Waals surface area contributed by atoms with E-state index < -0.39 is 0 Å². The van der Waals surface area contributed by atoms with Gasteiger partial charge >= 0.3 is 0 Å². The molecule has 1 N–H and O–H groups in total. The molecule has 2 aliphatic rings. The number of hydrogen-bond acceptors (Lipinski definition) is 2. The largest absolute Gasteiger partial charge is 0.371 e. The molecular formula is C14H20N2. The molecule has 0 saturated carbocycles. The Morgan fingerprint density at radius 2 is 2.06 bits per heavy atom. The van der Waals surface area contributed by atoms with E-state index in [4.69, 9.17) is 0 Å². The summed E-state index contributed by atoms with van der Waals surface area (Å²) in [6.45, 7) is 9.35. The molecule has 1 aromatic rings. The summed E-state index contributed by atoms with van der Waals surface area (Å²) in [7, 11) is 0. The van der Waals surface area contributed by atoms with E-state index in [2.05, 4.69) is 42.3 Å². The van der Waals surface area contributed by atoms with Crippen LogP contribution in [0.4, 0.5) is 5.69 Å². The lowest BCUT2D eigenvalue weighted by Crippen LogP contribution is -2.54. The predicted octanol–water partition coefficient (Wildman–Crippen LogP) is 2.10. The van der Waals surface area contributed by atoms with Gasteiger partial charge in [0.1, 0.15) is 0 Å². The fraction of sp³-hybridized carbons (Fsp3) is 0.571. The lowest BCUT2D eigenvalue weighted by atomic mass is 9.81. The summed E-state index contributed by atoms with van der Waals surface area (Å²) < 4.78 is 0.